The maximum absolute atomic E-state index is 12.3. The van der Waals surface area contributed by atoms with E-state index in [2.05, 4.69) is 25.8 Å². The fourth-order valence-corrected chi connectivity index (χ4v) is 4.23. The summed E-state index contributed by atoms with van der Waals surface area (Å²) >= 11 is 0. The number of guanidine groups is 1. The topological polar surface area (TPSA) is 66.7 Å². The maximum Gasteiger partial charge on any atom is 0.194 e. The lowest BCUT2D eigenvalue weighted by Gasteiger charge is -2.22. The zero-order valence-corrected chi connectivity index (χ0v) is 20.0. The van der Waals surface area contributed by atoms with E-state index in [9.17, 15) is 8.42 Å². The number of aromatic nitrogens is 1. The second kappa shape index (κ2) is 12.1. The van der Waals surface area contributed by atoms with Crippen LogP contribution < -0.4 is 5.32 Å². The molecule has 0 aliphatic carbocycles. The molecule has 28 heavy (non-hydrogen) atoms. The predicted molar refractivity (Wildman–Crippen MR) is 127 cm³/mol. The molecule has 156 valence electrons. The number of hydrogen-bond donors (Lipinski definition) is 1. The molecule has 0 aliphatic rings. The highest BCUT2D eigenvalue weighted by molar-refractivity contribution is 14.0. The molecule has 0 radical (unpaired) electrons. The monoisotopic (exact) mass is 518 g/mol. The van der Waals surface area contributed by atoms with Crippen molar-refractivity contribution in [3.63, 3.8) is 0 Å². The molecule has 0 fully saturated rings. The largest absolute Gasteiger partial charge is 0.357 e. The van der Waals surface area contributed by atoms with Gasteiger partial charge in [-0.3, -0.25) is 4.99 Å². The number of hydrogen-bond acceptors (Lipinski definition) is 3. The van der Waals surface area contributed by atoms with Crippen LogP contribution in [0, 0.1) is 0 Å². The number of aryl methyl sites for hydroxylation is 1. The average Bonchev–Trinajstić information content (AvgIpc) is 3.02. The maximum atomic E-state index is 12.3. The molecule has 1 aromatic carbocycles. The lowest BCUT2D eigenvalue weighted by Crippen LogP contribution is -2.39. The van der Waals surface area contributed by atoms with Gasteiger partial charge in [0.25, 0.3) is 0 Å². The van der Waals surface area contributed by atoms with Crippen molar-refractivity contribution < 1.29 is 8.42 Å². The molecule has 0 spiro atoms. The molecule has 1 aromatic heterocycles. The molecule has 1 N–H and O–H groups in total. The quantitative estimate of drug-likeness (QED) is 0.240. The third-order valence-corrected chi connectivity index (χ3v) is 5.94. The molecular formula is C20H31IN4O2S. The standard InChI is InChI=1S/C20H30N4O2S.HI/c1-4-21-20(24(3)16-19-12-8-14-23(19)2)22-13-9-15-27(25,26)17-18-10-6-5-7-11-18;/h5-8,10-12,14H,4,9,13,15-17H2,1-3H3,(H,21,22);1H. The molecule has 0 aliphatic heterocycles. The van der Waals surface area contributed by atoms with E-state index in [0.29, 0.717) is 13.0 Å². The summed E-state index contributed by atoms with van der Waals surface area (Å²) in [7, 11) is 0.887. The first-order valence-electron chi connectivity index (χ1n) is 9.25. The molecule has 0 bridgehead atoms. The molecule has 0 unspecified atom stereocenters. The van der Waals surface area contributed by atoms with E-state index >= 15 is 0 Å². The summed E-state index contributed by atoms with van der Waals surface area (Å²) in [6.45, 7) is 4.01. The summed E-state index contributed by atoms with van der Waals surface area (Å²) in [5, 5.41) is 3.27. The van der Waals surface area contributed by atoms with Crippen LogP contribution in [0.2, 0.25) is 0 Å². The number of aliphatic imine (C=N–C) groups is 1. The van der Waals surface area contributed by atoms with Gasteiger partial charge < -0.3 is 14.8 Å². The van der Waals surface area contributed by atoms with Gasteiger partial charge in [0, 0.05) is 39.1 Å². The van der Waals surface area contributed by atoms with Crippen LogP contribution in [0.5, 0.6) is 0 Å². The van der Waals surface area contributed by atoms with Gasteiger partial charge in [-0.2, -0.15) is 0 Å². The Balaban J connectivity index is 0.00000392. The zero-order valence-electron chi connectivity index (χ0n) is 16.8. The van der Waals surface area contributed by atoms with Crippen molar-refractivity contribution in [2.24, 2.45) is 12.0 Å². The highest BCUT2D eigenvalue weighted by Crippen LogP contribution is 2.08. The van der Waals surface area contributed by atoms with Gasteiger partial charge in [0.1, 0.15) is 0 Å². The Hall–Kier alpha value is -1.55. The van der Waals surface area contributed by atoms with Gasteiger partial charge in [-0.15, -0.1) is 24.0 Å². The van der Waals surface area contributed by atoms with E-state index in [-0.39, 0.29) is 35.5 Å². The first-order valence-corrected chi connectivity index (χ1v) is 11.1. The van der Waals surface area contributed by atoms with Crippen molar-refractivity contribution in [3.8, 4) is 0 Å². The first kappa shape index (κ1) is 24.5. The van der Waals surface area contributed by atoms with Crippen molar-refractivity contribution in [3.05, 3.63) is 59.9 Å². The Morgan fingerprint density at radius 2 is 1.89 bits per heavy atom. The lowest BCUT2D eigenvalue weighted by atomic mass is 10.2. The van der Waals surface area contributed by atoms with E-state index in [1.54, 1.807) is 0 Å². The molecule has 0 saturated heterocycles. The molecule has 2 rings (SSSR count). The Kier molecular flexibility index (Phi) is 10.6. The number of nitrogens with one attached hydrogen (secondary N) is 1. The summed E-state index contributed by atoms with van der Waals surface area (Å²) < 4.78 is 26.6. The molecule has 0 saturated carbocycles. The second-order valence-electron chi connectivity index (χ2n) is 6.63. The van der Waals surface area contributed by atoms with E-state index in [0.717, 1.165) is 24.6 Å². The minimum absolute atomic E-state index is 0. The van der Waals surface area contributed by atoms with E-state index in [4.69, 9.17) is 0 Å². The number of benzene rings is 1. The Morgan fingerprint density at radius 3 is 2.50 bits per heavy atom. The van der Waals surface area contributed by atoms with Crippen LogP contribution in [0.15, 0.2) is 53.7 Å². The van der Waals surface area contributed by atoms with Gasteiger partial charge in [-0.25, -0.2) is 8.42 Å². The molecule has 0 amide bonds. The van der Waals surface area contributed by atoms with Crippen LogP contribution >= 0.6 is 24.0 Å². The molecule has 0 atom stereocenters. The summed E-state index contributed by atoms with van der Waals surface area (Å²) in [5.41, 5.74) is 2.02. The van der Waals surface area contributed by atoms with Crippen LogP contribution in [-0.4, -0.2) is 49.7 Å². The SMILES string of the molecule is CCNC(=NCCCS(=O)(=O)Cc1ccccc1)N(C)Cc1cccn1C.I. The van der Waals surface area contributed by atoms with Crippen molar-refractivity contribution >= 4 is 39.8 Å². The van der Waals surface area contributed by atoms with Gasteiger partial charge in [-0.05, 0) is 31.0 Å². The van der Waals surface area contributed by atoms with E-state index in [1.165, 1.54) is 5.69 Å². The Bertz CT molecular complexity index is 835. The highest BCUT2D eigenvalue weighted by atomic mass is 127. The third kappa shape index (κ3) is 8.22. The predicted octanol–water partition coefficient (Wildman–Crippen LogP) is 3.05. The van der Waals surface area contributed by atoms with Crippen molar-refractivity contribution in [2.75, 3.05) is 25.9 Å². The number of rotatable bonds is 9. The van der Waals surface area contributed by atoms with Crippen LogP contribution in [0.4, 0.5) is 0 Å². The number of nitrogens with zero attached hydrogens (tertiary/aromatic N) is 3. The number of sulfone groups is 1. The van der Waals surface area contributed by atoms with Crippen molar-refractivity contribution in [1.82, 2.24) is 14.8 Å². The molecule has 8 heteroatoms. The van der Waals surface area contributed by atoms with E-state index in [1.807, 2.05) is 63.6 Å². The normalized spacial score (nSPS) is 11.8. The van der Waals surface area contributed by atoms with Crippen LogP contribution in [0.25, 0.3) is 0 Å². The third-order valence-electron chi connectivity index (χ3n) is 4.25. The van der Waals surface area contributed by atoms with Gasteiger partial charge in [0.05, 0.1) is 18.1 Å². The van der Waals surface area contributed by atoms with Crippen LogP contribution in [-0.2, 0) is 29.2 Å². The molecule has 6 nitrogen and oxygen atoms in total. The van der Waals surface area contributed by atoms with Gasteiger partial charge in [-0.1, -0.05) is 30.3 Å². The summed E-state index contributed by atoms with van der Waals surface area (Å²) in [4.78, 5) is 6.64. The van der Waals surface area contributed by atoms with Gasteiger partial charge in [0.2, 0.25) is 0 Å². The molecule has 1 heterocycles. The minimum atomic E-state index is -3.12. The van der Waals surface area contributed by atoms with Crippen LogP contribution in [0.1, 0.15) is 24.6 Å². The summed E-state index contributed by atoms with van der Waals surface area (Å²) in [6.07, 6.45) is 2.53. The van der Waals surface area contributed by atoms with Gasteiger partial charge >= 0.3 is 0 Å². The average molecular weight is 518 g/mol. The summed E-state index contributed by atoms with van der Waals surface area (Å²) in [5.74, 6) is 1.02. The molecular weight excluding hydrogens is 487 g/mol. The van der Waals surface area contributed by atoms with E-state index < -0.39 is 9.84 Å². The lowest BCUT2D eigenvalue weighted by molar-refractivity contribution is 0.462. The molecule has 2 aromatic rings. The second-order valence-corrected chi connectivity index (χ2v) is 8.82. The summed E-state index contributed by atoms with van der Waals surface area (Å²) in [6, 6.07) is 13.4. The van der Waals surface area contributed by atoms with Crippen molar-refractivity contribution in [1.29, 1.82) is 0 Å². The van der Waals surface area contributed by atoms with Gasteiger partial charge in [0.15, 0.2) is 15.8 Å². The zero-order chi connectivity index (χ0) is 19.7. The Morgan fingerprint density at radius 1 is 1.18 bits per heavy atom. The highest BCUT2D eigenvalue weighted by Gasteiger charge is 2.12. The number of halogens is 1. The first-order chi connectivity index (χ1) is 12.9. The minimum Gasteiger partial charge on any atom is -0.357 e. The van der Waals surface area contributed by atoms with Crippen molar-refractivity contribution in [2.45, 2.75) is 25.6 Å². The fourth-order valence-electron chi connectivity index (χ4n) is 2.82. The fraction of sp³-hybridized carbons (Fsp3) is 0.450. The van der Waals surface area contributed by atoms with Crippen LogP contribution in [0.3, 0.4) is 0 Å². The smallest absolute Gasteiger partial charge is 0.194 e. The Labute approximate surface area is 186 Å².